The van der Waals surface area contributed by atoms with Gasteiger partial charge in [-0.05, 0) is 6.07 Å². The number of ether oxygens (including phenoxy) is 1. The molecule has 2 amide bonds. The molecule has 7 nitrogen and oxygen atoms in total. The minimum atomic E-state index is -4.58. The molecule has 1 atom stereocenters. The molecule has 0 radical (unpaired) electrons. The maximum absolute atomic E-state index is 13.1. The highest BCUT2D eigenvalue weighted by molar-refractivity contribution is 7.20. The summed E-state index contributed by atoms with van der Waals surface area (Å²) in [5.41, 5.74) is -1.72. The third-order valence-corrected chi connectivity index (χ3v) is 5.93. The van der Waals surface area contributed by atoms with Crippen LogP contribution >= 0.6 is 11.3 Å². The van der Waals surface area contributed by atoms with Crippen molar-refractivity contribution in [3.63, 3.8) is 0 Å². The van der Waals surface area contributed by atoms with Gasteiger partial charge in [-0.3, -0.25) is 9.48 Å². The van der Waals surface area contributed by atoms with Crippen molar-refractivity contribution in [2.75, 3.05) is 26.7 Å². The van der Waals surface area contributed by atoms with Crippen LogP contribution in [0.25, 0.3) is 10.2 Å². The van der Waals surface area contributed by atoms with Crippen molar-refractivity contribution in [2.24, 2.45) is 7.05 Å². The zero-order valence-corrected chi connectivity index (χ0v) is 14.8. The van der Waals surface area contributed by atoms with Crippen LogP contribution in [0, 0.1) is 0 Å². The van der Waals surface area contributed by atoms with Crippen molar-refractivity contribution >= 4 is 33.6 Å². The summed E-state index contributed by atoms with van der Waals surface area (Å²) in [6.07, 6.45) is -4.50. The van der Waals surface area contributed by atoms with Gasteiger partial charge < -0.3 is 14.5 Å². The first-order chi connectivity index (χ1) is 12.1. The van der Waals surface area contributed by atoms with Gasteiger partial charge in [0.1, 0.15) is 4.83 Å². The molecule has 140 valence electrons. The number of hydrogen-bond acceptors (Lipinski definition) is 5. The second-order valence-electron chi connectivity index (χ2n) is 6.68. The normalized spacial score (nSPS) is 23.5. The maximum Gasteiger partial charge on any atom is 0.435 e. The van der Waals surface area contributed by atoms with Crippen LogP contribution in [0.3, 0.4) is 0 Å². The van der Waals surface area contributed by atoms with Crippen LogP contribution in [-0.4, -0.2) is 63.9 Å². The van der Waals surface area contributed by atoms with Gasteiger partial charge in [-0.2, -0.15) is 18.3 Å². The lowest BCUT2D eigenvalue weighted by Gasteiger charge is -2.21. The Morgan fingerprint density at radius 3 is 2.69 bits per heavy atom. The van der Waals surface area contributed by atoms with Gasteiger partial charge in [-0.1, -0.05) is 0 Å². The van der Waals surface area contributed by atoms with E-state index in [1.807, 2.05) is 0 Å². The summed E-state index contributed by atoms with van der Waals surface area (Å²) < 4.78 is 45.8. The molecule has 0 aliphatic carbocycles. The van der Waals surface area contributed by atoms with Crippen molar-refractivity contribution in [1.82, 2.24) is 19.6 Å². The number of hydrogen-bond donors (Lipinski definition) is 0. The number of fused-ring (bicyclic) bond motifs is 1. The highest BCUT2D eigenvalue weighted by atomic mass is 32.1. The Hall–Kier alpha value is -2.30. The first-order valence-corrected chi connectivity index (χ1v) is 8.68. The van der Waals surface area contributed by atoms with E-state index in [0.717, 1.165) is 16.0 Å². The van der Waals surface area contributed by atoms with Crippen LogP contribution in [0.2, 0.25) is 0 Å². The number of halogens is 3. The number of likely N-dealkylation sites (tertiary alicyclic amines) is 1. The second-order valence-corrected chi connectivity index (χ2v) is 7.71. The highest BCUT2D eigenvalue weighted by Crippen LogP contribution is 2.38. The van der Waals surface area contributed by atoms with Gasteiger partial charge in [-0.15, -0.1) is 11.3 Å². The Morgan fingerprint density at radius 2 is 2.08 bits per heavy atom. The van der Waals surface area contributed by atoms with E-state index < -0.39 is 23.6 Å². The molecular formula is C15H15F3N4O3S. The molecule has 2 fully saturated rings. The molecule has 2 aliphatic heterocycles. The molecule has 0 bridgehead atoms. The second kappa shape index (κ2) is 5.35. The van der Waals surface area contributed by atoms with E-state index in [0.29, 0.717) is 24.3 Å². The number of likely N-dealkylation sites (N-methyl/N-ethyl adjacent to an activating group) is 1. The molecular weight excluding hydrogens is 373 g/mol. The minimum Gasteiger partial charge on any atom is -0.439 e. The molecule has 4 heterocycles. The van der Waals surface area contributed by atoms with E-state index in [-0.39, 0.29) is 22.7 Å². The molecule has 2 aromatic heterocycles. The zero-order valence-electron chi connectivity index (χ0n) is 14.0. The molecule has 2 aromatic rings. The number of alkyl halides is 3. The van der Waals surface area contributed by atoms with Crippen LogP contribution < -0.4 is 0 Å². The predicted molar refractivity (Wildman–Crippen MR) is 86.0 cm³/mol. The van der Waals surface area contributed by atoms with Gasteiger partial charge in [0, 0.05) is 32.4 Å². The first kappa shape index (κ1) is 17.1. The van der Waals surface area contributed by atoms with Crippen LogP contribution in [-0.2, 0) is 18.0 Å². The van der Waals surface area contributed by atoms with Gasteiger partial charge in [0.2, 0.25) is 0 Å². The predicted octanol–water partition coefficient (Wildman–Crippen LogP) is 2.32. The van der Waals surface area contributed by atoms with Crippen molar-refractivity contribution in [1.29, 1.82) is 0 Å². The molecule has 2 saturated heterocycles. The van der Waals surface area contributed by atoms with E-state index in [1.54, 1.807) is 7.05 Å². The smallest absolute Gasteiger partial charge is 0.435 e. The third-order valence-electron chi connectivity index (χ3n) is 4.74. The van der Waals surface area contributed by atoms with Crippen molar-refractivity contribution in [3.05, 3.63) is 16.6 Å². The van der Waals surface area contributed by atoms with E-state index in [1.165, 1.54) is 22.9 Å². The molecule has 0 aromatic carbocycles. The van der Waals surface area contributed by atoms with E-state index in [9.17, 15) is 22.8 Å². The molecule has 0 unspecified atom stereocenters. The summed E-state index contributed by atoms with van der Waals surface area (Å²) in [4.78, 5) is 27.9. The third kappa shape index (κ3) is 2.52. The first-order valence-electron chi connectivity index (χ1n) is 7.87. The average molecular weight is 388 g/mol. The molecule has 0 N–H and O–H groups in total. The monoisotopic (exact) mass is 388 g/mol. The quantitative estimate of drug-likeness (QED) is 0.752. The van der Waals surface area contributed by atoms with E-state index in [4.69, 9.17) is 4.74 Å². The largest absolute Gasteiger partial charge is 0.439 e. The highest BCUT2D eigenvalue weighted by Gasteiger charge is 2.50. The average Bonchev–Trinajstić information content (AvgIpc) is 3.26. The zero-order chi connectivity index (χ0) is 18.9. The van der Waals surface area contributed by atoms with E-state index >= 15 is 0 Å². The Morgan fingerprint density at radius 1 is 1.35 bits per heavy atom. The molecule has 26 heavy (non-hydrogen) atoms. The lowest BCUT2D eigenvalue weighted by molar-refractivity contribution is -0.140. The number of aryl methyl sites for hydroxylation is 1. The van der Waals surface area contributed by atoms with Crippen molar-refractivity contribution in [2.45, 2.75) is 18.2 Å². The number of aromatic nitrogens is 2. The van der Waals surface area contributed by atoms with Crippen molar-refractivity contribution < 1.29 is 27.5 Å². The summed E-state index contributed by atoms with van der Waals surface area (Å²) in [7, 11) is 3.04. The van der Waals surface area contributed by atoms with E-state index in [2.05, 4.69) is 5.10 Å². The number of amides is 2. The molecule has 4 rings (SSSR count). The van der Waals surface area contributed by atoms with Gasteiger partial charge in [-0.25, -0.2) is 4.79 Å². The van der Waals surface area contributed by atoms with Crippen LogP contribution in [0.5, 0.6) is 0 Å². The van der Waals surface area contributed by atoms with Gasteiger partial charge in [0.25, 0.3) is 5.91 Å². The number of nitrogens with zero attached hydrogens (tertiary/aromatic N) is 4. The lowest BCUT2D eigenvalue weighted by Crippen LogP contribution is -2.38. The summed E-state index contributed by atoms with van der Waals surface area (Å²) in [5, 5.41) is 3.43. The molecule has 2 aliphatic rings. The Balaban J connectivity index is 1.61. The fourth-order valence-electron chi connectivity index (χ4n) is 3.53. The standard InChI is InChI=1S/C15H15F3N4O3S/c1-20-6-14(25-13(20)24)3-4-22(7-14)11(23)9-5-8-10(15(16,17)18)19-21(2)12(8)26-9/h5H,3-4,6-7H2,1-2H3/t14-/m1/s1. The fraction of sp³-hybridized carbons (Fsp3) is 0.533. The number of thiophene rings is 1. The summed E-state index contributed by atoms with van der Waals surface area (Å²) in [5.74, 6) is -0.359. The lowest BCUT2D eigenvalue weighted by atomic mass is 10.0. The van der Waals surface area contributed by atoms with Crippen LogP contribution in [0.1, 0.15) is 21.8 Å². The van der Waals surface area contributed by atoms with Gasteiger partial charge in [0.05, 0.1) is 18.0 Å². The number of rotatable bonds is 1. The van der Waals surface area contributed by atoms with Crippen LogP contribution in [0.4, 0.5) is 18.0 Å². The Labute approximate surface area is 149 Å². The van der Waals surface area contributed by atoms with Crippen molar-refractivity contribution in [3.8, 4) is 0 Å². The summed E-state index contributed by atoms with van der Waals surface area (Å²) in [6, 6.07) is 1.25. The van der Waals surface area contributed by atoms with Gasteiger partial charge >= 0.3 is 12.3 Å². The maximum atomic E-state index is 13.1. The Kier molecular flexibility index (Phi) is 3.52. The van der Waals surface area contributed by atoms with Gasteiger partial charge in [0.15, 0.2) is 11.3 Å². The minimum absolute atomic E-state index is 0.0747. The summed E-state index contributed by atoms with van der Waals surface area (Å²) >= 11 is 0.979. The number of carbonyl (C=O) groups is 2. The fourth-order valence-corrected chi connectivity index (χ4v) is 4.57. The van der Waals surface area contributed by atoms with Crippen LogP contribution in [0.15, 0.2) is 6.07 Å². The number of carbonyl (C=O) groups excluding carboxylic acids is 2. The molecule has 1 spiro atoms. The Bertz CT molecular complexity index is 921. The SMILES string of the molecule is CN1C[C@@]2(CCN(C(=O)c3cc4c(C(F)(F)F)nn(C)c4s3)C2)OC1=O. The molecule has 0 saturated carbocycles. The topological polar surface area (TPSA) is 67.7 Å². The molecule has 11 heteroatoms. The summed E-state index contributed by atoms with van der Waals surface area (Å²) in [6.45, 7) is 1.02.